The van der Waals surface area contributed by atoms with Gasteiger partial charge in [0.2, 0.25) is 0 Å². The lowest BCUT2D eigenvalue weighted by Crippen LogP contribution is -2.30. The molecule has 0 fully saturated rings. The molecule has 3 aromatic rings. The SMILES string of the molecule is O=C(NC(c1ccc(F)cc1)c1cccs1)c1cc[n+]([O-])cc1. The van der Waals surface area contributed by atoms with Crippen molar-refractivity contribution in [3.8, 4) is 0 Å². The fourth-order valence-electron chi connectivity index (χ4n) is 2.21. The van der Waals surface area contributed by atoms with Crippen LogP contribution in [0.2, 0.25) is 0 Å². The van der Waals surface area contributed by atoms with Gasteiger partial charge in [0, 0.05) is 17.0 Å². The molecule has 0 saturated heterocycles. The number of benzene rings is 1. The van der Waals surface area contributed by atoms with Crippen LogP contribution in [-0.4, -0.2) is 5.91 Å². The van der Waals surface area contributed by atoms with Gasteiger partial charge in [-0.3, -0.25) is 4.79 Å². The highest BCUT2D eigenvalue weighted by Gasteiger charge is 2.19. The van der Waals surface area contributed by atoms with Crippen LogP contribution in [0.3, 0.4) is 0 Å². The molecule has 0 aliphatic heterocycles. The normalized spacial score (nSPS) is 11.9. The summed E-state index contributed by atoms with van der Waals surface area (Å²) in [4.78, 5) is 13.4. The van der Waals surface area contributed by atoms with Crippen molar-refractivity contribution in [3.63, 3.8) is 0 Å². The van der Waals surface area contributed by atoms with Crippen LogP contribution < -0.4 is 10.0 Å². The second-order valence-corrected chi connectivity index (χ2v) is 5.90. The van der Waals surface area contributed by atoms with Gasteiger partial charge in [-0.2, -0.15) is 4.73 Å². The molecule has 1 N–H and O–H groups in total. The Labute approximate surface area is 136 Å². The van der Waals surface area contributed by atoms with Crippen LogP contribution in [0.5, 0.6) is 0 Å². The van der Waals surface area contributed by atoms with E-state index in [1.165, 1.54) is 48.0 Å². The lowest BCUT2D eigenvalue weighted by Gasteiger charge is -2.18. The third kappa shape index (κ3) is 3.54. The van der Waals surface area contributed by atoms with Crippen LogP contribution in [0.15, 0.2) is 66.3 Å². The Morgan fingerprint density at radius 3 is 2.43 bits per heavy atom. The summed E-state index contributed by atoms with van der Waals surface area (Å²) in [6.45, 7) is 0. The van der Waals surface area contributed by atoms with E-state index in [1.807, 2.05) is 17.5 Å². The van der Waals surface area contributed by atoms with Crippen molar-refractivity contribution in [3.05, 3.63) is 93.3 Å². The van der Waals surface area contributed by atoms with Crippen molar-refractivity contribution in [1.29, 1.82) is 0 Å². The van der Waals surface area contributed by atoms with Gasteiger partial charge in [0.15, 0.2) is 12.4 Å². The molecule has 1 unspecified atom stereocenters. The highest BCUT2D eigenvalue weighted by atomic mass is 32.1. The van der Waals surface area contributed by atoms with Gasteiger partial charge in [0.25, 0.3) is 5.91 Å². The van der Waals surface area contributed by atoms with E-state index in [1.54, 1.807) is 12.1 Å². The molecular weight excluding hydrogens is 315 g/mol. The first-order chi connectivity index (χ1) is 11.1. The van der Waals surface area contributed by atoms with Gasteiger partial charge in [-0.1, -0.05) is 18.2 Å². The summed E-state index contributed by atoms with van der Waals surface area (Å²) in [5.41, 5.74) is 1.18. The van der Waals surface area contributed by atoms with Crippen molar-refractivity contribution in [2.75, 3.05) is 0 Å². The Morgan fingerprint density at radius 2 is 1.83 bits per heavy atom. The number of nitrogens with one attached hydrogen (secondary N) is 1. The van der Waals surface area contributed by atoms with Crippen LogP contribution in [0.4, 0.5) is 4.39 Å². The molecule has 4 nitrogen and oxygen atoms in total. The van der Waals surface area contributed by atoms with Crippen molar-refractivity contribution in [2.45, 2.75) is 6.04 Å². The Morgan fingerprint density at radius 1 is 1.13 bits per heavy atom. The topological polar surface area (TPSA) is 56.0 Å². The van der Waals surface area contributed by atoms with E-state index in [9.17, 15) is 14.4 Å². The molecule has 2 aromatic heterocycles. The predicted molar refractivity (Wildman–Crippen MR) is 85.4 cm³/mol. The predicted octanol–water partition coefficient (Wildman–Crippen LogP) is 3.04. The lowest BCUT2D eigenvalue weighted by atomic mass is 10.0. The average Bonchev–Trinajstić information content (AvgIpc) is 3.08. The number of hydrogen-bond donors (Lipinski definition) is 1. The molecule has 0 spiro atoms. The fourth-order valence-corrected chi connectivity index (χ4v) is 3.01. The van der Waals surface area contributed by atoms with Crippen LogP contribution in [0.25, 0.3) is 0 Å². The number of rotatable bonds is 4. The van der Waals surface area contributed by atoms with E-state index >= 15 is 0 Å². The molecule has 0 bridgehead atoms. The number of carbonyl (C=O) groups excluding carboxylic acids is 1. The van der Waals surface area contributed by atoms with Gasteiger partial charge in [-0.25, -0.2) is 4.39 Å². The van der Waals surface area contributed by atoms with Crippen LogP contribution in [-0.2, 0) is 0 Å². The monoisotopic (exact) mass is 328 g/mol. The highest BCUT2D eigenvalue weighted by Crippen LogP contribution is 2.26. The number of pyridine rings is 1. The molecule has 0 aliphatic carbocycles. The number of aromatic nitrogens is 1. The Bertz CT molecular complexity index is 786. The summed E-state index contributed by atoms with van der Waals surface area (Å²) in [6, 6.07) is 12.4. The third-order valence-corrected chi connectivity index (χ3v) is 4.31. The van der Waals surface area contributed by atoms with Gasteiger partial charge in [-0.15, -0.1) is 11.3 Å². The highest BCUT2D eigenvalue weighted by molar-refractivity contribution is 7.10. The maximum Gasteiger partial charge on any atom is 0.252 e. The largest absolute Gasteiger partial charge is 0.619 e. The Hall–Kier alpha value is -2.73. The van der Waals surface area contributed by atoms with E-state index in [4.69, 9.17) is 0 Å². The molecule has 0 aliphatic rings. The van der Waals surface area contributed by atoms with Crippen LogP contribution in [0, 0.1) is 11.0 Å². The summed E-state index contributed by atoms with van der Waals surface area (Å²) in [5, 5.41) is 15.9. The fraction of sp³-hybridized carbons (Fsp3) is 0.0588. The van der Waals surface area contributed by atoms with E-state index in [2.05, 4.69) is 5.32 Å². The zero-order chi connectivity index (χ0) is 16.2. The van der Waals surface area contributed by atoms with E-state index < -0.39 is 0 Å². The van der Waals surface area contributed by atoms with Crippen molar-refractivity contribution >= 4 is 17.2 Å². The number of thiophene rings is 1. The first-order valence-electron chi connectivity index (χ1n) is 6.92. The number of nitrogens with zero attached hydrogens (tertiary/aromatic N) is 1. The zero-order valence-corrected chi connectivity index (χ0v) is 12.8. The standard InChI is InChI=1S/C17H13FN2O2S/c18-14-5-3-12(4-6-14)16(15-2-1-11-23-15)19-17(21)13-7-9-20(22)10-8-13/h1-11,16H,(H,19,21). The second kappa shape index (κ2) is 6.58. The quantitative estimate of drug-likeness (QED) is 0.591. The van der Waals surface area contributed by atoms with Gasteiger partial charge in [-0.05, 0) is 29.1 Å². The van der Waals surface area contributed by atoms with Gasteiger partial charge in [0.05, 0.1) is 11.6 Å². The molecule has 1 amide bonds. The molecular formula is C17H13FN2O2S. The minimum atomic E-state index is -0.373. The van der Waals surface area contributed by atoms with Crippen molar-refractivity contribution in [1.82, 2.24) is 5.32 Å². The Balaban J connectivity index is 1.88. The smallest absolute Gasteiger partial charge is 0.252 e. The summed E-state index contributed by atoms with van der Waals surface area (Å²) >= 11 is 1.51. The lowest BCUT2D eigenvalue weighted by molar-refractivity contribution is -0.605. The molecule has 1 atom stereocenters. The van der Waals surface area contributed by atoms with Crippen molar-refractivity contribution < 1.29 is 13.9 Å². The summed E-state index contributed by atoms with van der Waals surface area (Å²) < 4.78 is 13.8. The zero-order valence-electron chi connectivity index (χ0n) is 12.0. The van der Waals surface area contributed by atoms with Crippen LogP contribution in [0.1, 0.15) is 26.8 Å². The summed E-state index contributed by atoms with van der Waals surface area (Å²) in [6.07, 6.45) is 2.54. The maximum atomic E-state index is 13.1. The number of halogens is 1. The van der Waals surface area contributed by atoms with Gasteiger partial charge in [0.1, 0.15) is 5.82 Å². The average molecular weight is 328 g/mol. The van der Waals surface area contributed by atoms with E-state index in [0.717, 1.165) is 10.4 Å². The third-order valence-electron chi connectivity index (χ3n) is 3.37. The van der Waals surface area contributed by atoms with Crippen molar-refractivity contribution in [2.24, 2.45) is 0 Å². The summed E-state index contributed by atoms with van der Waals surface area (Å²) in [5.74, 6) is -0.624. The molecule has 0 radical (unpaired) electrons. The molecule has 2 heterocycles. The van der Waals surface area contributed by atoms with E-state index in [0.29, 0.717) is 10.3 Å². The summed E-state index contributed by atoms with van der Waals surface area (Å²) in [7, 11) is 0. The number of amides is 1. The molecule has 0 saturated carbocycles. The minimum Gasteiger partial charge on any atom is -0.619 e. The number of carbonyl (C=O) groups is 1. The number of hydrogen-bond acceptors (Lipinski definition) is 3. The molecule has 6 heteroatoms. The molecule has 23 heavy (non-hydrogen) atoms. The first kappa shape index (κ1) is 15.2. The maximum absolute atomic E-state index is 13.1. The van der Waals surface area contributed by atoms with Crippen LogP contribution >= 0.6 is 11.3 Å². The minimum absolute atomic E-state index is 0.298. The molecule has 116 valence electrons. The van der Waals surface area contributed by atoms with Gasteiger partial charge >= 0.3 is 0 Å². The molecule has 3 rings (SSSR count). The first-order valence-corrected chi connectivity index (χ1v) is 7.80. The van der Waals surface area contributed by atoms with Gasteiger partial charge < -0.3 is 10.5 Å². The Kier molecular flexibility index (Phi) is 4.34. The van der Waals surface area contributed by atoms with E-state index in [-0.39, 0.29) is 17.8 Å². The second-order valence-electron chi connectivity index (χ2n) is 4.92. The molecule has 1 aromatic carbocycles.